The number of aromatic nitrogens is 4. The molecule has 1 atom stereocenters. The fraction of sp³-hybridized carbons (Fsp3) is 0.478. The molecule has 0 saturated carbocycles. The highest BCUT2D eigenvalue weighted by atomic mass is 19.1. The van der Waals surface area contributed by atoms with Crippen molar-refractivity contribution in [3.05, 3.63) is 35.9 Å². The zero-order valence-corrected chi connectivity index (χ0v) is 19.3. The van der Waals surface area contributed by atoms with Crippen LogP contribution in [0.2, 0.25) is 0 Å². The van der Waals surface area contributed by atoms with Crippen LogP contribution in [0.3, 0.4) is 0 Å². The smallest absolute Gasteiger partial charge is 0.262 e. The Labute approximate surface area is 191 Å². The molecule has 0 bridgehead atoms. The summed E-state index contributed by atoms with van der Waals surface area (Å²) in [5.74, 6) is 0.120. The highest BCUT2D eigenvalue weighted by Crippen LogP contribution is 2.32. The Morgan fingerprint density at radius 3 is 2.79 bits per heavy atom. The summed E-state index contributed by atoms with van der Waals surface area (Å²) in [6, 6.07) is 4.02. The molecule has 0 aliphatic carbocycles. The van der Waals surface area contributed by atoms with Crippen molar-refractivity contribution < 1.29 is 13.9 Å². The van der Waals surface area contributed by atoms with Crippen LogP contribution in [0.25, 0.3) is 16.6 Å². The van der Waals surface area contributed by atoms with Gasteiger partial charge in [0.2, 0.25) is 5.67 Å². The number of nitrogens with one attached hydrogen (secondary N) is 1. The van der Waals surface area contributed by atoms with E-state index in [1.165, 1.54) is 6.20 Å². The van der Waals surface area contributed by atoms with Crippen molar-refractivity contribution in [2.24, 2.45) is 0 Å². The molecule has 1 aliphatic heterocycles. The monoisotopic (exact) mass is 453 g/mol. The zero-order valence-electron chi connectivity index (χ0n) is 19.3. The summed E-state index contributed by atoms with van der Waals surface area (Å²) in [6.45, 7) is 6.98. The lowest BCUT2D eigenvalue weighted by Gasteiger charge is -2.37. The minimum Gasteiger partial charge on any atom is -0.494 e. The van der Waals surface area contributed by atoms with Crippen LogP contribution < -0.4 is 10.1 Å². The van der Waals surface area contributed by atoms with Gasteiger partial charge < -0.3 is 15.0 Å². The molecule has 4 heterocycles. The average molecular weight is 454 g/mol. The fourth-order valence-corrected chi connectivity index (χ4v) is 4.27. The van der Waals surface area contributed by atoms with Crippen LogP contribution in [0, 0.1) is 18.3 Å². The molecular formula is C23H28FN7O2. The molecule has 1 unspecified atom stereocenters. The number of methoxy groups -OCH3 is 1. The van der Waals surface area contributed by atoms with Crippen molar-refractivity contribution in [3.63, 3.8) is 0 Å². The van der Waals surface area contributed by atoms with Gasteiger partial charge in [0, 0.05) is 49.2 Å². The van der Waals surface area contributed by atoms with Crippen molar-refractivity contribution in [2.45, 2.75) is 38.9 Å². The second kappa shape index (κ2) is 8.83. The van der Waals surface area contributed by atoms with Crippen LogP contribution in [-0.4, -0.2) is 69.2 Å². The highest BCUT2D eigenvalue weighted by molar-refractivity contribution is 5.87. The number of hydrogen-bond donors (Lipinski definition) is 1. The third-order valence-corrected chi connectivity index (χ3v) is 6.37. The lowest BCUT2D eigenvalue weighted by Crippen LogP contribution is -2.65. The molecule has 1 fully saturated rings. The van der Waals surface area contributed by atoms with E-state index in [0.717, 1.165) is 16.8 Å². The van der Waals surface area contributed by atoms with E-state index in [4.69, 9.17) is 4.74 Å². The van der Waals surface area contributed by atoms with Gasteiger partial charge in [-0.15, -0.1) is 0 Å². The first-order chi connectivity index (χ1) is 15.8. The first-order valence-electron chi connectivity index (χ1n) is 11.0. The lowest BCUT2D eigenvalue weighted by molar-refractivity contribution is -0.147. The van der Waals surface area contributed by atoms with Crippen molar-refractivity contribution >= 4 is 11.4 Å². The zero-order chi connectivity index (χ0) is 23.8. The lowest BCUT2D eigenvalue weighted by atomic mass is 9.97. The molecule has 1 amide bonds. The number of amides is 1. The predicted molar refractivity (Wildman–Crippen MR) is 121 cm³/mol. The summed E-state index contributed by atoms with van der Waals surface area (Å²) in [5.41, 5.74) is 2.04. The SMILES string of the molecule is CCN(CCC(C)n1ncc(-c2cc(OC)c3c(C#N)cnn3c2)c1C)C(=O)C1(F)CNC1. The number of pyridine rings is 1. The van der Waals surface area contributed by atoms with Crippen LogP contribution in [0.1, 0.15) is 37.6 Å². The molecule has 174 valence electrons. The molecule has 9 nitrogen and oxygen atoms in total. The van der Waals surface area contributed by atoms with Crippen molar-refractivity contribution in [2.75, 3.05) is 33.3 Å². The van der Waals surface area contributed by atoms with Gasteiger partial charge in [-0.1, -0.05) is 0 Å². The fourth-order valence-electron chi connectivity index (χ4n) is 4.27. The molecule has 10 heteroatoms. The number of halogens is 1. The summed E-state index contributed by atoms with van der Waals surface area (Å²) in [4.78, 5) is 14.1. The molecule has 33 heavy (non-hydrogen) atoms. The van der Waals surface area contributed by atoms with Crippen LogP contribution in [0.4, 0.5) is 4.39 Å². The molecule has 0 spiro atoms. The Bertz CT molecular complexity index is 1220. The van der Waals surface area contributed by atoms with Crippen LogP contribution in [-0.2, 0) is 4.79 Å². The highest BCUT2D eigenvalue weighted by Gasteiger charge is 2.46. The Balaban J connectivity index is 1.54. The maximum Gasteiger partial charge on any atom is 0.262 e. The first kappa shape index (κ1) is 22.7. The van der Waals surface area contributed by atoms with Gasteiger partial charge in [-0.25, -0.2) is 8.91 Å². The summed E-state index contributed by atoms with van der Waals surface area (Å²) < 4.78 is 23.6. The standard InChI is InChI=1S/C23H28FN7O2/c1-5-29(22(32)23(24)13-26-14-23)7-6-15(2)31-16(3)19(11-28-31)17-8-20(33-4)21-18(9-25)10-27-30(21)12-17/h8,10-12,15,26H,5-7,13-14H2,1-4H3. The van der Waals surface area contributed by atoms with E-state index in [0.29, 0.717) is 36.3 Å². The van der Waals surface area contributed by atoms with E-state index in [-0.39, 0.29) is 19.1 Å². The van der Waals surface area contributed by atoms with Crippen LogP contribution in [0.15, 0.2) is 24.7 Å². The Kier molecular flexibility index (Phi) is 6.08. The van der Waals surface area contributed by atoms with Crippen molar-refractivity contribution in [3.8, 4) is 22.9 Å². The van der Waals surface area contributed by atoms with E-state index in [9.17, 15) is 14.4 Å². The number of hydrogen-bond acceptors (Lipinski definition) is 6. The van der Waals surface area contributed by atoms with E-state index in [2.05, 4.69) is 21.6 Å². The van der Waals surface area contributed by atoms with E-state index < -0.39 is 11.6 Å². The van der Waals surface area contributed by atoms with Gasteiger partial charge in [-0.2, -0.15) is 15.5 Å². The second-order valence-corrected chi connectivity index (χ2v) is 8.44. The summed E-state index contributed by atoms with van der Waals surface area (Å²) in [6.07, 6.45) is 5.81. The average Bonchev–Trinajstić information content (AvgIpc) is 3.39. The Morgan fingerprint density at radius 1 is 1.42 bits per heavy atom. The minimum absolute atomic E-state index is 0.0104. The number of carbonyl (C=O) groups is 1. The topological polar surface area (TPSA) is 100 Å². The summed E-state index contributed by atoms with van der Waals surface area (Å²) in [7, 11) is 1.56. The number of alkyl halides is 1. The van der Waals surface area contributed by atoms with Gasteiger partial charge in [-0.05, 0) is 33.3 Å². The molecule has 3 aromatic heterocycles. The third-order valence-electron chi connectivity index (χ3n) is 6.37. The van der Waals surface area contributed by atoms with E-state index >= 15 is 0 Å². The molecule has 0 aromatic carbocycles. The maximum atomic E-state index is 14.5. The largest absolute Gasteiger partial charge is 0.494 e. The minimum atomic E-state index is -1.77. The van der Waals surface area contributed by atoms with E-state index in [1.807, 2.05) is 37.7 Å². The number of nitriles is 1. The normalized spacial score (nSPS) is 15.6. The number of ether oxygens (including phenoxy) is 1. The van der Waals surface area contributed by atoms with Crippen molar-refractivity contribution in [1.82, 2.24) is 29.6 Å². The van der Waals surface area contributed by atoms with Crippen LogP contribution in [0.5, 0.6) is 5.75 Å². The third kappa shape index (κ3) is 3.93. The molecule has 0 radical (unpaired) electrons. The molecule has 1 N–H and O–H groups in total. The van der Waals surface area contributed by atoms with Crippen molar-refractivity contribution in [1.29, 1.82) is 5.26 Å². The molecule has 1 aliphatic rings. The van der Waals surface area contributed by atoms with Gasteiger partial charge in [0.15, 0.2) is 0 Å². The quantitative estimate of drug-likeness (QED) is 0.563. The number of carbonyl (C=O) groups excluding carboxylic acids is 1. The Hall–Kier alpha value is -3.45. The molecule has 3 aromatic rings. The molecule has 4 rings (SSSR count). The van der Waals surface area contributed by atoms with Gasteiger partial charge in [-0.3, -0.25) is 9.48 Å². The summed E-state index contributed by atoms with van der Waals surface area (Å²) in [5, 5.41) is 21.0. The number of nitrogens with zero attached hydrogens (tertiary/aromatic N) is 6. The van der Waals surface area contributed by atoms with Gasteiger partial charge >= 0.3 is 0 Å². The Morgan fingerprint density at radius 2 is 2.18 bits per heavy atom. The van der Waals surface area contributed by atoms with Gasteiger partial charge in [0.1, 0.15) is 22.9 Å². The van der Waals surface area contributed by atoms with E-state index in [1.54, 1.807) is 22.7 Å². The number of rotatable bonds is 8. The summed E-state index contributed by atoms with van der Waals surface area (Å²) >= 11 is 0. The predicted octanol–water partition coefficient (Wildman–Crippen LogP) is 2.50. The molecule has 1 saturated heterocycles. The van der Waals surface area contributed by atoms with Gasteiger partial charge in [0.25, 0.3) is 5.91 Å². The first-order valence-corrected chi connectivity index (χ1v) is 11.0. The van der Waals surface area contributed by atoms with Crippen LogP contribution >= 0.6 is 0 Å². The second-order valence-electron chi connectivity index (χ2n) is 8.44. The number of fused-ring (bicyclic) bond motifs is 1. The molecular weight excluding hydrogens is 425 g/mol. The maximum absolute atomic E-state index is 14.5. The van der Waals surface area contributed by atoms with Gasteiger partial charge in [0.05, 0.1) is 25.5 Å².